The van der Waals surface area contributed by atoms with Gasteiger partial charge in [-0.1, -0.05) is 6.92 Å². The summed E-state index contributed by atoms with van der Waals surface area (Å²) in [5.74, 6) is 2.02. The molecule has 14 heavy (non-hydrogen) atoms. The van der Waals surface area contributed by atoms with E-state index in [1.54, 1.807) is 7.05 Å². The maximum Gasteiger partial charge on any atom is 0.191 e. The summed E-state index contributed by atoms with van der Waals surface area (Å²) >= 11 is 1.83. The van der Waals surface area contributed by atoms with Crippen molar-refractivity contribution in [2.45, 2.75) is 26.3 Å². The number of halogens is 1. The average molecular weight is 331 g/mol. The van der Waals surface area contributed by atoms with E-state index in [1.165, 1.54) is 0 Å². The minimum Gasteiger partial charge on any atom is -0.356 e. The van der Waals surface area contributed by atoms with Crippen LogP contribution in [-0.4, -0.2) is 37.6 Å². The maximum atomic E-state index is 4.13. The second kappa shape index (κ2) is 11.4. The summed E-state index contributed by atoms with van der Waals surface area (Å²) in [4.78, 5) is 4.13. The standard InChI is InChI=1S/C9H21N3S.HI/c1-5-8(2)12-9(10-3)11-6-7-13-4;/h8H,5-7H2,1-4H3,(H2,10,11,12);1H. The highest BCUT2D eigenvalue weighted by atomic mass is 127. The van der Waals surface area contributed by atoms with Crippen LogP contribution in [0.15, 0.2) is 4.99 Å². The summed E-state index contributed by atoms with van der Waals surface area (Å²) in [6, 6.07) is 0.487. The van der Waals surface area contributed by atoms with Crippen LogP contribution < -0.4 is 10.6 Å². The molecule has 0 aliphatic carbocycles. The summed E-state index contributed by atoms with van der Waals surface area (Å²) in [5, 5.41) is 6.56. The van der Waals surface area contributed by atoms with Crippen LogP contribution in [0.5, 0.6) is 0 Å². The van der Waals surface area contributed by atoms with Gasteiger partial charge in [0.15, 0.2) is 5.96 Å². The molecule has 0 spiro atoms. The Morgan fingerprint density at radius 2 is 2.14 bits per heavy atom. The number of aliphatic imine (C=N–C) groups is 1. The molecule has 0 aliphatic heterocycles. The summed E-state index contributed by atoms with van der Waals surface area (Å²) in [7, 11) is 1.80. The Labute approximate surface area is 109 Å². The van der Waals surface area contributed by atoms with E-state index in [4.69, 9.17) is 0 Å². The molecule has 0 aromatic rings. The minimum absolute atomic E-state index is 0. The van der Waals surface area contributed by atoms with Crippen LogP contribution in [-0.2, 0) is 0 Å². The highest BCUT2D eigenvalue weighted by molar-refractivity contribution is 14.0. The molecule has 0 radical (unpaired) electrons. The first-order valence-corrected chi connectivity index (χ1v) is 6.10. The first-order chi connectivity index (χ1) is 6.24. The van der Waals surface area contributed by atoms with Gasteiger partial charge < -0.3 is 10.6 Å². The van der Waals surface area contributed by atoms with Crippen LogP contribution in [0, 0.1) is 0 Å². The number of nitrogens with zero attached hydrogens (tertiary/aromatic N) is 1. The molecule has 0 aromatic heterocycles. The van der Waals surface area contributed by atoms with Gasteiger partial charge in [0.25, 0.3) is 0 Å². The molecular weight excluding hydrogens is 309 g/mol. The Hall–Kier alpha value is 0.350. The third kappa shape index (κ3) is 8.93. The van der Waals surface area contributed by atoms with Crippen LogP contribution in [0.4, 0.5) is 0 Å². The van der Waals surface area contributed by atoms with Crippen molar-refractivity contribution >= 4 is 41.7 Å². The Morgan fingerprint density at radius 1 is 1.50 bits per heavy atom. The van der Waals surface area contributed by atoms with Gasteiger partial charge in [-0.05, 0) is 19.6 Å². The number of rotatable bonds is 5. The van der Waals surface area contributed by atoms with E-state index < -0.39 is 0 Å². The molecule has 5 heteroatoms. The molecule has 1 atom stereocenters. The van der Waals surface area contributed by atoms with Gasteiger partial charge in [0.2, 0.25) is 0 Å². The van der Waals surface area contributed by atoms with Gasteiger partial charge in [-0.3, -0.25) is 4.99 Å². The summed E-state index contributed by atoms with van der Waals surface area (Å²) in [5.41, 5.74) is 0. The zero-order valence-corrected chi connectivity index (χ0v) is 12.6. The lowest BCUT2D eigenvalue weighted by Gasteiger charge is -2.15. The third-order valence-electron chi connectivity index (χ3n) is 1.82. The van der Waals surface area contributed by atoms with E-state index in [1.807, 2.05) is 11.8 Å². The fraction of sp³-hybridized carbons (Fsp3) is 0.889. The number of guanidine groups is 1. The van der Waals surface area contributed by atoms with Gasteiger partial charge >= 0.3 is 0 Å². The number of hydrogen-bond acceptors (Lipinski definition) is 2. The molecule has 0 heterocycles. The molecule has 0 saturated heterocycles. The van der Waals surface area contributed by atoms with E-state index in [-0.39, 0.29) is 24.0 Å². The maximum absolute atomic E-state index is 4.13. The van der Waals surface area contributed by atoms with E-state index in [2.05, 4.69) is 35.7 Å². The Kier molecular flexibility index (Phi) is 13.7. The van der Waals surface area contributed by atoms with Crippen molar-refractivity contribution < 1.29 is 0 Å². The number of thioether (sulfide) groups is 1. The Bertz CT molecular complexity index is 153. The molecule has 1 unspecified atom stereocenters. The van der Waals surface area contributed by atoms with Crippen LogP contribution >= 0.6 is 35.7 Å². The molecule has 3 nitrogen and oxygen atoms in total. The van der Waals surface area contributed by atoms with Crippen molar-refractivity contribution in [3.63, 3.8) is 0 Å². The third-order valence-corrected chi connectivity index (χ3v) is 2.43. The Balaban J connectivity index is 0. The SMILES string of the molecule is CCC(C)NC(=NC)NCCSC.I. The van der Waals surface area contributed by atoms with Crippen molar-refractivity contribution in [1.29, 1.82) is 0 Å². The quantitative estimate of drug-likeness (QED) is 0.350. The second-order valence-electron chi connectivity index (χ2n) is 2.95. The van der Waals surface area contributed by atoms with Crippen molar-refractivity contribution in [2.75, 3.05) is 25.6 Å². The molecule has 86 valence electrons. The molecule has 0 aliphatic rings. The van der Waals surface area contributed by atoms with Gasteiger partial charge in [0, 0.05) is 25.4 Å². The normalized spacial score (nSPS) is 13.0. The summed E-state index contributed by atoms with van der Waals surface area (Å²) in [6.45, 7) is 5.28. The number of nitrogens with one attached hydrogen (secondary N) is 2. The van der Waals surface area contributed by atoms with Gasteiger partial charge in [0.05, 0.1) is 0 Å². The molecule has 0 aromatic carbocycles. The fourth-order valence-electron chi connectivity index (χ4n) is 0.802. The van der Waals surface area contributed by atoms with Crippen LogP contribution in [0.3, 0.4) is 0 Å². The smallest absolute Gasteiger partial charge is 0.191 e. The summed E-state index contributed by atoms with van der Waals surface area (Å²) < 4.78 is 0. The van der Waals surface area contributed by atoms with Crippen molar-refractivity contribution in [1.82, 2.24) is 10.6 Å². The fourth-order valence-corrected chi connectivity index (χ4v) is 1.11. The number of hydrogen-bond donors (Lipinski definition) is 2. The van der Waals surface area contributed by atoms with Gasteiger partial charge in [-0.2, -0.15) is 11.8 Å². The van der Waals surface area contributed by atoms with E-state index in [0.717, 1.165) is 24.7 Å². The van der Waals surface area contributed by atoms with Crippen LogP contribution in [0.2, 0.25) is 0 Å². The van der Waals surface area contributed by atoms with Gasteiger partial charge in [0.1, 0.15) is 0 Å². The highest BCUT2D eigenvalue weighted by Gasteiger charge is 2.00. The summed E-state index contributed by atoms with van der Waals surface area (Å²) in [6.07, 6.45) is 3.22. The Morgan fingerprint density at radius 3 is 2.57 bits per heavy atom. The zero-order chi connectivity index (χ0) is 10.1. The van der Waals surface area contributed by atoms with Crippen LogP contribution in [0.25, 0.3) is 0 Å². The van der Waals surface area contributed by atoms with Crippen molar-refractivity contribution in [2.24, 2.45) is 4.99 Å². The molecular formula is C9H22IN3S. The lowest BCUT2D eigenvalue weighted by molar-refractivity contribution is 0.627. The van der Waals surface area contributed by atoms with E-state index in [9.17, 15) is 0 Å². The molecule has 2 N–H and O–H groups in total. The second-order valence-corrected chi connectivity index (χ2v) is 3.93. The van der Waals surface area contributed by atoms with E-state index in [0.29, 0.717) is 6.04 Å². The van der Waals surface area contributed by atoms with Gasteiger partial charge in [-0.15, -0.1) is 24.0 Å². The predicted octanol–water partition coefficient (Wildman–Crippen LogP) is 1.93. The topological polar surface area (TPSA) is 36.4 Å². The highest BCUT2D eigenvalue weighted by Crippen LogP contribution is 1.89. The first-order valence-electron chi connectivity index (χ1n) is 4.70. The molecule has 0 saturated carbocycles. The van der Waals surface area contributed by atoms with Crippen molar-refractivity contribution in [3.8, 4) is 0 Å². The molecule has 0 amide bonds. The van der Waals surface area contributed by atoms with Crippen molar-refractivity contribution in [3.05, 3.63) is 0 Å². The lowest BCUT2D eigenvalue weighted by Crippen LogP contribution is -2.42. The zero-order valence-electron chi connectivity index (χ0n) is 9.46. The lowest BCUT2D eigenvalue weighted by atomic mass is 10.3. The van der Waals surface area contributed by atoms with Crippen LogP contribution in [0.1, 0.15) is 20.3 Å². The molecule has 0 fully saturated rings. The minimum atomic E-state index is 0. The first kappa shape index (κ1) is 16.8. The molecule has 0 rings (SSSR count). The largest absolute Gasteiger partial charge is 0.356 e. The van der Waals surface area contributed by atoms with Gasteiger partial charge in [-0.25, -0.2) is 0 Å². The average Bonchev–Trinajstić information content (AvgIpc) is 2.16. The monoisotopic (exact) mass is 331 g/mol. The van der Waals surface area contributed by atoms with E-state index >= 15 is 0 Å². The molecule has 0 bridgehead atoms. The predicted molar refractivity (Wildman–Crippen MR) is 78.0 cm³/mol.